The van der Waals surface area contributed by atoms with E-state index in [1.807, 2.05) is 11.8 Å². The molecule has 2 heterocycles. The maximum absolute atomic E-state index is 11.3. The second-order valence-electron chi connectivity index (χ2n) is 4.71. The summed E-state index contributed by atoms with van der Waals surface area (Å²) in [5, 5.41) is 0.652. The van der Waals surface area contributed by atoms with Gasteiger partial charge in [0.25, 0.3) is 0 Å². The van der Waals surface area contributed by atoms with Crippen molar-refractivity contribution in [2.45, 2.75) is 5.25 Å². The molecule has 16 heavy (non-hydrogen) atoms. The molecule has 2 fully saturated rings. The maximum Gasteiger partial charge on any atom is 0.152 e. The molecule has 0 amide bonds. The van der Waals surface area contributed by atoms with Crippen molar-refractivity contribution in [3.05, 3.63) is 0 Å². The van der Waals surface area contributed by atoms with Crippen LogP contribution in [0, 0.1) is 0 Å². The molecule has 0 saturated carbocycles. The second-order valence-corrected chi connectivity index (χ2v) is 8.42. The number of rotatable bonds is 2. The van der Waals surface area contributed by atoms with E-state index in [0.717, 1.165) is 26.2 Å². The molecule has 2 rings (SSSR count). The van der Waals surface area contributed by atoms with Gasteiger partial charge in [0.2, 0.25) is 0 Å². The van der Waals surface area contributed by atoms with Gasteiger partial charge in [-0.05, 0) is 7.05 Å². The molecule has 0 aromatic carbocycles. The summed E-state index contributed by atoms with van der Waals surface area (Å²) in [7, 11) is -0.566. The van der Waals surface area contributed by atoms with Crippen molar-refractivity contribution in [1.29, 1.82) is 0 Å². The molecular weight excluding hydrogens is 244 g/mol. The molecule has 0 aromatic heterocycles. The van der Waals surface area contributed by atoms with Crippen LogP contribution in [-0.2, 0) is 9.84 Å². The number of nitrogens with zero attached hydrogens (tertiary/aromatic N) is 2. The highest BCUT2D eigenvalue weighted by atomic mass is 32.2. The van der Waals surface area contributed by atoms with E-state index in [2.05, 4.69) is 16.8 Å². The Morgan fingerprint density at radius 3 is 2.56 bits per heavy atom. The maximum atomic E-state index is 11.3. The van der Waals surface area contributed by atoms with E-state index in [0.29, 0.717) is 16.8 Å². The molecule has 6 heteroatoms. The first-order valence-corrected chi connectivity index (χ1v) is 8.65. The van der Waals surface area contributed by atoms with Gasteiger partial charge >= 0.3 is 0 Å². The van der Waals surface area contributed by atoms with Crippen molar-refractivity contribution in [3.8, 4) is 0 Å². The Kier molecular flexibility index (Phi) is 4.15. The summed E-state index contributed by atoms with van der Waals surface area (Å²) in [4.78, 5) is 4.67. The van der Waals surface area contributed by atoms with E-state index >= 15 is 0 Å². The fourth-order valence-electron chi connectivity index (χ4n) is 2.20. The Balaban J connectivity index is 1.78. The van der Waals surface area contributed by atoms with E-state index < -0.39 is 9.84 Å². The van der Waals surface area contributed by atoms with Gasteiger partial charge in [0, 0.05) is 43.7 Å². The summed E-state index contributed by atoms with van der Waals surface area (Å²) in [5.41, 5.74) is 0. The fourth-order valence-corrected chi connectivity index (χ4v) is 4.90. The third-order valence-electron chi connectivity index (χ3n) is 3.24. The standard InChI is InChI=1S/C10H20N2O2S2/c1-11-2-5-15-10(8-11)9-12-3-6-16(13,14)7-4-12/h10H,2-9H2,1H3. The topological polar surface area (TPSA) is 40.6 Å². The van der Waals surface area contributed by atoms with E-state index in [9.17, 15) is 8.42 Å². The van der Waals surface area contributed by atoms with Crippen LogP contribution >= 0.6 is 11.8 Å². The van der Waals surface area contributed by atoms with E-state index in [4.69, 9.17) is 0 Å². The third kappa shape index (κ3) is 3.61. The lowest BCUT2D eigenvalue weighted by atomic mass is 10.3. The van der Waals surface area contributed by atoms with Crippen LogP contribution < -0.4 is 0 Å². The van der Waals surface area contributed by atoms with Crippen LogP contribution in [0.15, 0.2) is 0 Å². The summed E-state index contributed by atoms with van der Waals surface area (Å²) in [6.45, 7) is 4.81. The SMILES string of the molecule is CN1CCSC(CN2CCS(=O)(=O)CC2)C1. The lowest BCUT2D eigenvalue weighted by Gasteiger charge is -2.34. The van der Waals surface area contributed by atoms with E-state index in [-0.39, 0.29) is 0 Å². The van der Waals surface area contributed by atoms with Crippen LogP contribution in [0.2, 0.25) is 0 Å². The molecule has 2 saturated heterocycles. The zero-order chi connectivity index (χ0) is 11.6. The molecule has 0 aliphatic carbocycles. The molecule has 94 valence electrons. The Morgan fingerprint density at radius 2 is 1.94 bits per heavy atom. The van der Waals surface area contributed by atoms with Crippen LogP contribution in [0.1, 0.15) is 0 Å². The second kappa shape index (κ2) is 5.25. The highest BCUT2D eigenvalue weighted by molar-refractivity contribution is 8.00. The van der Waals surface area contributed by atoms with Gasteiger partial charge in [-0.3, -0.25) is 0 Å². The Bertz CT molecular complexity index is 318. The highest BCUT2D eigenvalue weighted by Crippen LogP contribution is 2.19. The molecule has 0 N–H and O–H groups in total. The van der Waals surface area contributed by atoms with E-state index in [1.165, 1.54) is 12.3 Å². The molecule has 4 nitrogen and oxygen atoms in total. The first-order chi connectivity index (χ1) is 7.55. The predicted molar refractivity (Wildman–Crippen MR) is 68.8 cm³/mol. The normalized spacial score (nSPS) is 32.7. The van der Waals surface area contributed by atoms with Crippen LogP contribution in [0.25, 0.3) is 0 Å². The predicted octanol–water partition coefficient (Wildman–Crippen LogP) is -0.236. The van der Waals surface area contributed by atoms with Gasteiger partial charge in [-0.2, -0.15) is 11.8 Å². The lowest BCUT2D eigenvalue weighted by molar-refractivity contribution is 0.263. The monoisotopic (exact) mass is 264 g/mol. The number of sulfone groups is 1. The quantitative estimate of drug-likeness (QED) is 0.689. The Hall–Kier alpha value is 0.220. The zero-order valence-electron chi connectivity index (χ0n) is 9.76. The molecule has 1 atom stereocenters. The van der Waals surface area contributed by atoms with Gasteiger partial charge in [0.1, 0.15) is 0 Å². The van der Waals surface area contributed by atoms with Crippen molar-refractivity contribution in [2.24, 2.45) is 0 Å². The molecule has 0 bridgehead atoms. The summed E-state index contributed by atoms with van der Waals surface area (Å²) in [6, 6.07) is 0. The summed E-state index contributed by atoms with van der Waals surface area (Å²) in [6.07, 6.45) is 0. The number of hydrogen-bond donors (Lipinski definition) is 0. The highest BCUT2D eigenvalue weighted by Gasteiger charge is 2.25. The van der Waals surface area contributed by atoms with Crippen molar-refractivity contribution in [2.75, 3.05) is 57.0 Å². The fraction of sp³-hybridized carbons (Fsp3) is 1.00. The van der Waals surface area contributed by atoms with Gasteiger partial charge in [-0.1, -0.05) is 0 Å². The molecule has 2 aliphatic rings. The van der Waals surface area contributed by atoms with Gasteiger partial charge in [-0.15, -0.1) is 0 Å². The van der Waals surface area contributed by atoms with Crippen molar-refractivity contribution in [3.63, 3.8) is 0 Å². The summed E-state index contributed by atoms with van der Waals surface area (Å²) < 4.78 is 22.6. The van der Waals surface area contributed by atoms with Crippen LogP contribution in [-0.4, -0.2) is 80.5 Å². The molecule has 0 spiro atoms. The van der Waals surface area contributed by atoms with E-state index in [1.54, 1.807) is 0 Å². The summed E-state index contributed by atoms with van der Waals surface area (Å²) in [5.74, 6) is 1.90. The van der Waals surface area contributed by atoms with Crippen LogP contribution in [0.4, 0.5) is 0 Å². The van der Waals surface area contributed by atoms with Gasteiger partial charge in [0.05, 0.1) is 11.5 Å². The summed E-state index contributed by atoms with van der Waals surface area (Å²) >= 11 is 2.03. The Labute approximate surface area is 102 Å². The smallest absolute Gasteiger partial charge is 0.152 e. The molecular formula is C10H20N2O2S2. The van der Waals surface area contributed by atoms with Crippen molar-refractivity contribution >= 4 is 21.6 Å². The molecule has 0 radical (unpaired) electrons. The molecule has 2 aliphatic heterocycles. The molecule has 1 unspecified atom stereocenters. The minimum atomic E-state index is -2.73. The zero-order valence-corrected chi connectivity index (χ0v) is 11.4. The third-order valence-corrected chi connectivity index (χ3v) is 6.04. The first kappa shape index (κ1) is 12.7. The average Bonchev–Trinajstić information content (AvgIpc) is 2.21. The van der Waals surface area contributed by atoms with Gasteiger partial charge < -0.3 is 9.80 Å². The first-order valence-electron chi connectivity index (χ1n) is 5.78. The number of thioether (sulfide) groups is 1. The van der Waals surface area contributed by atoms with Crippen molar-refractivity contribution < 1.29 is 8.42 Å². The van der Waals surface area contributed by atoms with Crippen LogP contribution in [0.3, 0.4) is 0 Å². The van der Waals surface area contributed by atoms with Crippen molar-refractivity contribution in [1.82, 2.24) is 9.80 Å². The Morgan fingerprint density at radius 1 is 1.25 bits per heavy atom. The minimum Gasteiger partial charge on any atom is -0.304 e. The van der Waals surface area contributed by atoms with Crippen LogP contribution in [0.5, 0.6) is 0 Å². The largest absolute Gasteiger partial charge is 0.304 e. The minimum absolute atomic E-state index is 0.347. The van der Waals surface area contributed by atoms with Gasteiger partial charge in [0.15, 0.2) is 9.84 Å². The lowest BCUT2D eigenvalue weighted by Crippen LogP contribution is -2.46. The van der Waals surface area contributed by atoms with Gasteiger partial charge in [-0.25, -0.2) is 8.42 Å². The average molecular weight is 264 g/mol. The molecule has 0 aromatic rings. The number of hydrogen-bond acceptors (Lipinski definition) is 5.